The van der Waals surface area contributed by atoms with Crippen LogP contribution in [0.3, 0.4) is 0 Å². The predicted octanol–water partition coefficient (Wildman–Crippen LogP) is 2.61. The fourth-order valence-corrected chi connectivity index (χ4v) is 2.44. The summed E-state index contributed by atoms with van der Waals surface area (Å²) in [7, 11) is 3.15. The van der Waals surface area contributed by atoms with Crippen molar-refractivity contribution >= 4 is 5.91 Å². The number of carbonyl (C=O) groups excluding carboxylic acids is 1. The number of nitrogens with one attached hydrogen (secondary N) is 1. The highest BCUT2D eigenvalue weighted by Crippen LogP contribution is 2.28. The third kappa shape index (κ3) is 4.18. The van der Waals surface area contributed by atoms with E-state index < -0.39 is 5.91 Å². The molecule has 0 atom stereocenters. The van der Waals surface area contributed by atoms with Crippen LogP contribution in [0.1, 0.15) is 27.7 Å². The van der Waals surface area contributed by atoms with E-state index in [9.17, 15) is 4.79 Å². The number of carbonyl (C=O) groups is 1. The summed E-state index contributed by atoms with van der Waals surface area (Å²) in [5.74, 6) is 1.14. The van der Waals surface area contributed by atoms with E-state index in [1.165, 1.54) is 0 Å². The Morgan fingerprint density at radius 1 is 1.00 bits per heavy atom. The monoisotopic (exact) mass is 353 g/mol. The van der Waals surface area contributed by atoms with E-state index in [4.69, 9.17) is 13.9 Å². The van der Waals surface area contributed by atoms with Crippen molar-refractivity contribution in [3.8, 4) is 11.5 Å². The first kappa shape index (κ1) is 17.5. The van der Waals surface area contributed by atoms with Crippen LogP contribution in [0.5, 0.6) is 11.5 Å². The zero-order valence-electron chi connectivity index (χ0n) is 14.6. The first-order chi connectivity index (χ1) is 12.7. The first-order valence-corrected chi connectivity index (χ1v) is 8.05. The number of methoxy groups -OCH3 is 2. The fourth-order valence-electron chi connectivity index (χ4n) is 2.44. The van der Waals surface area contributed by atoms with E-state index in [0.717, 1.165) is 11.1 Å². The fraction of sp³-hybridized carbons (Fsp3) is 0.211. The number of ether oxygens (including phenoxy) is 2. The van der Waals surface area contributed by atoms with Crippen LogP contribution in [0, 0.1) is 0 Å². The molecule has 26 heavy (non-hydrogen) atoms. The predicted molar refractivity (Wildman–Crippen MR) is 94.3 cm³/mol. The summed E-state index contributed by atoms with van der Waals surface area (Å²) < 4.78 is 15.9. The van der Waals surface area contributed by atoms with Gasteiger partial charge in [-0.25, -0.2) is 0 Å². The standard InChI is InChI=1S/C19H19N3O4/c1-24-15-9-8-14(10-16(15)25-2)11-17-21-22-19(26-17)18(23)20-12-13-6-4-3-5-7-13/h3-10H,11-12H2,1-2H3,(H,20,23). The molecule has 1 N–H and O–H groups in total. The molecule has 3 aromatic rings. The van der Waals surface area contributed by atoms with Crippen LogP contribution in [0.25, 0.3) is 0 Å². The lowest BCUT2D eigenvalue weighted by atomic mass is 10.1. The van der Waals surface area contributed by atoms with Gasteiger partial charge in [0, 0.05) is 6.54 Å². The Labute approximate surface area is 151 Å². The Bertz CT molecular complexity index is 878. The zero-order chi connectivity index (χ0) is 18.4. The van der Waals surface area contributed by atoms with Crippen LogP contribution >= 0.6 is 0 Å². The maximum absolute atomic E-state index is 12.1. The third-order valence-corrected chi connectivity index (χ3v) is 3.76. The van der Waals surface area contributed by atoms with Gasteiger partial charge in [0.05, 0.1) is 20.6 Å². The number of hydrogen-bond acceptors (Lipinski definition) is 6. The Hall–Kier alpha value is -3.35. The second-order valence-electron chi connectivity index (χ2n) is 5.54. The van der Waals surface area contributed by atoms with Gasteiger partial charge in [-0.15, -0.1) is 10.2 Å². The Kier molecular flexibility index (Phi) is 5.48. The van der Waals surface area contributed by atoms with Crippen molar-refractivity contribution in [3.05, 3.63) is 71.4 Å². The van der Waals surface area contributed by atoms with Crippen molar-refractivity contribution in [2.24, 2.45) is 0 Å². The number of benzene rings is 2. The molecule has 1 amide bonds. The molecular weight excluding hydrogens is 334 g/mol. The Balaban J connectivity index is 1.63. The van der Waals surface area contributed by atoms with Gasteiger partial charge in [-0.2, -0.15) is 0 Å². The molecule has 0 aliphatic carbocycles. The van der Waals surface area contributed by atoms with Gasteiger partial charge in [0.15, 0.2) is 11.5 Å². The molecule has 0 radical (unpaired) electrons. The molecule has 0 saturated carbocycles. The molecule has 0 bridgehead atoms. The second-order valence-corrected chi connectivity index (χ2v) is 5.54. The summed E-state index contributed by atoms with van der Waals surface area (Å²) >= 11 is 0. The topological polar surface area (TPSA) is 86.5 Å². The van der Waals surface area contributed by atoms with Crippen LogP contribution in [0.15, 0.2) is 52.9 Å². The normalized spacial score (nSPS) is 10.4. The maximum atomic E-state index is 12.1. The maximum Gasteiger partial charge on any atom is 0.309 e. The molecule has 7 heteroatoms. The summed E-state index contributed by atoms with van der Waals surface area (Å²) in [5, 5.41) is 10.5. The summed E-state index contributed by atoms with van der Waals surface area (Å²) in [6.45, 7) is 0.396. The number of nitrogens with zero attached hydrogens (tertiary/aromatic N) is 2. The SMILES string of the molecule is COc1ccc(Cc2nnc(C(=O)NCc3ccccc3)o2)cc1OC. The molecule has 0 saturated heterocycles. The van der Waals surface area contributed by atoms with Crippen molar-refractivity contribution < 1.29 is 18.7 Å². The van der Waals surface area contributed by atoms with Gasteiger partial charge in [-0.3, -0.25) is 4.79 Å². The molecule has 3 rings (SSSR count). The van der Waals surface area contributed by atoms with Crippen molar-refractivity contribution in [1.29, 1.82) is 0 Å². The van der Waals surface area contributed by atoms with Gasteiger partial charge < -0.3 is 19.2 Å². The van der Waals surface area contributed by atoms with Crippen molar-refractivity contribution in [1.82, 2.24) is 15.5 Å². The Morgan fingerprint density at radius 2 is 1.77 bits per heavy atom. The van der Waals surface area contributed by atoms with Crippen molar-refractivity contribution in [2.45, 2.75) is 13.0 Å². The van der Waals surface area contributed by atoms with Gasteiger partial charge in [0.1, 0.15) is 0 Å². The quantitative estimate of drug-likeness (QED) is 0.703. The molecule has 134 valence electrons. The lowest BCUT2D eigenvalue weighted by Crippen LogP contribution is -2.23. The summed E-state index contributed by atoms with van der Waals surface area (Å²) in [6, 6.07) is 15.1. The van der Waals surface area contributed by atoms with Gasteiger partial charge in [0.25, 0.3) is 0 Å². The first-order valence-electron chi connectivity index (χ1n) is 8.05. The smallest absolute Gasteiger partial charge is 0.309 e. The molecule has 0 aliphatic heterocycles. The molecule has 1 heterocycles. The van der Waals surface area contributed by atoms with Crippen LogP contribution in [0.2, 0.25) is 0 Å². The lowest BCUT2D eigenvalue weighted by molar-refractivity contribution is 0.0914. The third-order valence-electron chi connectivity index (χ3n) is 3.76. The van der Waals surface area contributed by atoms with E-state index in [2.05, 4.69) is 15.5 Å². The van der Waals surface area contributed by atoms with Gasteiger partial charge in [-0.05, 0) is 23.3 Å². The van der Waals surface area contributed by atoms with E-state index in [1.54, 1.807) is 20.3 Å². The van der Waals surface area contributed by atoms with Crippen LogP contribution < -0.4 is 14.8 Å². The molecule has 1 aromatic heterocycles. The van der Waals surface area contributed by atoms with Gasteiger partial charge in [-0.1, -0.05) is 36.4 Å². The molecule has 2 aromatic carbocycles. The van der Waals surface area contributed by atoms with Gasteiger partial charge >= 0.3 is 11.8 Å². The van der Waals surface area contributed by atoms with E-state index in [-0.39, 0.29) is 5.89 Å². The molecule has 0 spiro atoms. The molecular formula is C19H19N3O4. The number of hydrogen-bond donors (Lipinski definition) is 1. The zero-order valence-corrected chi connectivity index (χ0v) is 14.6. The van der Waals surface area contributed by atoms with Crippen LogP contribution in [-0.2, 0) is 13.0 Å². The number of rotatable bonds is 7. The summed E-state index contributed by atoms with van der Waals surface area (Å²) in [6.07, 6.45) is 0.388. The number of amides is 1. The Morgan fingerprint density at radius 3 is 2.50 bits per heavy atom. The van der Waals surface area contributed by atoms with Crippen LogP contribution in [0.4, 0.5) is 0 Å². The molecule has 7 nitrogen and oxygen atoms in total. The minimum Gasteiger partial charge on any atom is -0.493 e. The minimum absolute atomic E-state index is 0.0589. The number of aromatic nitrogens is 2. The summed E-state index contributed by atoms with van der Waals surface area (Å²) in [4.78, 5) is 12.1. The van der Waals surface area contributed by atoms with Gasteiger partial charge in [0.2, 0.25) is 5.89 Å². The van der Waals surface area contributed by atoms with E-state index in [1.807, 2.05) is 42.5 Å². The van der Waals surface area contributed by atoms with E-state index in [0.29, 0.717) is 30.4 Å². The van der Waals surface area contributed by atoms with Crippen LogP contribution in [-0.4, -0.2) is 30.3 Å². The molecule has 0 unspecified atom stereocenters. The molecule has 0 fully saturated rings. The summed E-state index contributed by atoms with van der Waals surface area (Å²) in [5.41, 5.74) is 1.90. The largest absolute Gasteiger partial charge is 0.493 e. The highest BCUT2D eigenvalue weighted by molar-refractivity contribution is 5.89. The van der Waals surface area contributed by atoms with Crippen molar-refractivity contribution in [3.63, 3.8) is 0 Å². The average Bonchev–Trinajstić information content (AvgIpc) is 3.15. The minimum atomic E-state index is -0.403. The van der Waals surface area contributed by atoms with E-state index >= 15 is 0 Å². The molecule has 0 aliphatic rings. The van der Waals surface area contributed by atoms with Crippen molar-refractivity contribution in [2.75, 3.05) is 14.2 Å². The lowest BCUT2D eigenvalue weighted by Gasteiger charge is -2.08. The second kappa shape index (κ2) is 8.15. The highest BCUT2D eigenvalue weighted by Gasteiger charge is 2.15. The highest BCUT2D eigenvalue weighted by atomic mass is 16.5. The average molecular weight is 353 g/mol.